The van der Waals surface area contributed by atoms with Gasteiger partial charge in [0.15, 0.2) is 0 Å². The van der Waals surface area contributed by atoms with Gasteiger partial charge >= 0.3 is 0 Å². The van der Waals surface area contributed by atoms with E-state index in [9.17, 15) is 4.39 Å². The predicted octanol–water partition coefficient (Wildman–Crippen LogP) is 1.41. The highest BCUT2D eigenvalue weighted by atomic mass is 19.1. The van der Waals surface area contributed by atoms with E-state index in [0.29, 0.717) is 31.2 Å². The molecule has 0 aromatic heterocycles. The summed E-state index contributed by atoms with van der Waals surface area (Å²) in [4.78, 5) is 2.04. The van der Waals surface area contributed by atoms with Crippen LogP contribution in [-0.4, -0.2) is 52.4 Å². The molecule has 5 nitrogen and oxygen atoms in total. The second kappa shape index (κ2) is 7.81. The van der Waals surface area contributed by atoms with Gasteiger partial charge in [-0.15, -0.1) is 0 Å². The van der Waals surface area contributed by atoms with E-state index in [1.54, 1.807) is 6.07 Å². The van der Waals surface area contributed by atoms with E-state index < -0.39 is 5.82 Å². The third kappa shape index (κ3) is 5.32. The Morgan fingerprint density at radius 1 is 1.32 bits per heavy atom. The lowest BCUT2D eigenvalue weighted by Crippen LogP contribution is -2.20. The minimum atomic E-state index is -0.397. The lowest BCUT2D eigenvalue weighted by atomic mass is 10.2. The summed E-state index contributed by atoms with van der Waals surface area (Å²) in [7, 11) is 5.47. The normalized spacial score (nSPS) is 10.8. The summed E-state index contributed by atoms with van der Waals surface area (Å²) in [6.07, 6.45) is 0. The van der Waals surface area contributed by atoms with Crippen LogP contribution in [0.3, 0.4) is 0 Å². The van der Waals surface area contributed by atoms with E-state index in [2.05, 4.69) is 5.32 Å². The second-order valence-corrected chi connectivity index (χ2v) is 4.42. The van der Waals surface area contributed by atoms with Crippen molar-refractivity contribution in [2.75, 3.05) is 58.6 Å². The Morgan fingerprint density at radius 3 is 2.68 bits per heavy atom. The summed E-state index contributed by atoms with van der Waals surface area (Å²) in [6.45, 7) is 2.56. The molecule has 0 unspecified atom stereocenters. The third-order valence-electron chi connectivity index (χ3n) is 2.56. The number of methoxy groups -OCH3 is 1. The summed E-state index contributed by atoms with van der Waals surface area (Å²) in [6, 6.07) is 2.79. The molecular formula is C13H22FN3O2. The number of anilines is 2. The highest BCUT2D eigenvalue weighted by Crippen LogP contribution is 2.27. The van der Waals surface area contributed by atoms with Gasteiger partial charge < -0.3 is 25.4 Å². The Labute approximate surface area is 113 Å². The van der Waals surface area contributed by atoms with Crippen molar-refractivity contribution in [2.24, 2.45) is 0 Å². The molecule has 0 aliphatic carbocycles. The van der Waals surface area contributed by atoms with Gasteiger partial charge in [0.05, 0.1) is 31.7 Å². The van der Waals surface area contributed by atoms with Crippen molar-refractivity contribution in [1.82, 2.24) is 4.90 Å². The number of benzene rings is 1. The minimum absolute atomic E-state index is 0.285. The maximum absolute atomic E-state index is 13.6. The van der Waals surface area contributed by atoms with Gasteiger partial charge in [0.25, 0.3) is 0 Å². The zero-order chi connectivity index (χ0) is 14.3. The molecule has 19 heavy (non-hydrogen) atoms. The van der Waals surface area contributed by atoms with Crippen LogP contribution in [0.25, 0.3) is 0 Å². The SMILES string of the molecule is COc1cc(NCCOCCN(C)C)c(F)cc1N. The zero-order valence-electron chi connectivity index (χ0n) is 11.7. The average Bonchev–Trinajstić information content (AvgIpc) is 2.35. The summed E-state index contributed by atoms with van der Waals surface area (Å²) < 4.78 is 24.0. The molecule has 0 aliphatic rings. The van der Waals surface area contributed by atoms with Crippen molar-refractivity contribution in [3.8, 4) is 5.75 Å². The first kappa shape index (κ1) is 15.5. The third-order valence-corrected chi connectivity index (χ3v) is 2.56. The van der Waals surface area contributed by atoms with E-state index in [0.717, 1.165) is 6.54 Å². The number of ether oxygens (including phenoxy) is 2. The molecule has 0 fully saturated rings. The largest absolute Gasteiger partial charge is 0.495 e. The number of hydrogen-bond acceptors (Lipinski definition) is 5. The molecule has 0 bridgehead atoms. The number of halogens is 1. The van der Waals surface area contributed by atoms with Crippen LogP contribution in [0.15, 0.2) is 12.1 Å². The van der Waals surface area contributed by atoms with Crippen molar-refractivity contribution < 1.29 is 13.9 Å². The second-order valence-electron chi connectivity index (χ2n) is 4.42. The van der Waals surface area contributed by atoms with Crippen molar-refractivity contribution >= 4 is 11.4 Å². The van der Waals surface area contributed by atoms with Crippen LogP contribution in [0.1, 0.15) is 0 Å². The molecule has 6 heteroatoms. The summed E-state index contributed by atoms with van der Waals surface area (Å²) in [5.41, 5.74) is 6.25. The number of likely N-dealkylation sites (N-methyl/N-ethyl adjacent to an activating group) is 1. The first-order valence-corrected chi connectivity index (χ1v) is 6.14. The van der Waals surface area contributed by atoms with E-state index in [4.69, 9.17) is 15.2 Å². The predicted molar refractivity (Wildman–Crippen MR) is 75.2 cm³/mol. The summed E-state index contributed by atoms with van der Waals surface area (Å²) in [5.74, 6) is 0.0593. The van der Waals surface area contributed by atoms with Crippen molar-refractivity contribution in [3.05, 3.63) is 17.9 Å². The minimum Gasteiger partial charge on any atom is -0.495 e. The number of nitrogens with two attached hydrogens (primary N) is 1. The van der Waals surface area contributed by atoms with Crippen LogP contribution in [0.4, 0.5) is 15.8 Å². The number of nitrogens with one attached hydrogen (secondary N) is 1. The van der Waals surface area contributed by atoms with Crippen molar-refractivity contribution in [3.63, 3.8) is 0 Å². The number of rotatable bonds is 8. The maximum Gasteiger partial charge on any atom is 0.148 e. The van der Waals surface area contributed by atoms with Crippen LogP contribution in [0, 0.1) is 5.82 Å². The van der Waals surface area contributed by atoms with E-state index in [1.807, 2.05) is 19.0 Å². The number of nitrogen functional groups attached to an aromatic ring is 1. The first-order chi connectivity index (χ1) is 9.04. The summed E-state index contributed by atoms with van der Waals surface area (Å²) in [5, 5.41) is 2.95. The maximum atomic E-state index is 13.6. The van der Waals surface area contributed by atoms with Gasteiger partial charge in [-0.2, -0.15) is 0 Å². The molecule has 0 heterocycles. The smallest absolute Gasteiger partial charge is 0.148 e. The van der Waals surface area contributed by atoms with Gasteiger partial charge in [-0.3, -0.25) is 0 Å². The monoisotopic (exact) mass is 271 g/mol. The Morgan fingerprint density at radius 2 is 2.05 bits per heavy atom. The van der Waals surface area contributed by atoms with Gasteiger partial charge in [0, 0.05) is 25.2 Å². The van der Waals surface area contributed by atoms with Gasteiger partial charge in [-0.05, 0) is 14.1 Å². The van der Waals surface area contributed by atoms with Crippen LogP contribution in [-0.2, 0) is 4.74 Å². The molecule has 1 aromatic carbocycles. The Hall–Kier alpha value is -1.53. The molecule has 0 saturated heterocycles. The molecule has 1 rings (SSSR count). The number of nitrogens with zero attached hydrogens (tertiary/aromatic N) is 1. The van der Waals surface area contributed by atoms with Crippen molar-refractivity contribution in [2.45, 2.75) is 0 Å². The van der Waals surface area contributed by atoms with E-state index >= 15 is 0 Å². The van der Waals surface area contributed by atoms with Crippen LogP contribution in [0.2, 0.25) is 0 Å². The fourth-order valence-electron chi connectivity index (χ4n) is 1.49. The van der Waals surface area contributed by atoms with Crippen LogP contribution < -0.4 is 15.8 Å². The van der Waals surface area contributed by atoms with Gasteiger partial charge in [-0.1, -0.05) is 0 Å². The molecule has 1 aromatic rings. The average molecular weight is 271 g/mol. The molecule has 0 saturated carbocycles. The lowest BCUT2D eigenvalue weighted by Gasteiger charge is -2.12. The zero-order valence-corrected chi connectivity index (χ0v) is 11.7. The molecule has 0 spiro atoms. The molecule has 0 amide bonds. The van der Waals surface area contributed by atoms with Crippen molar-refractivity contribution in [1.29, 1.82) is 0 Å². The highest BCUT2D eigenvalue weighted by Gasteiger charge is 2.07. The summed E-state index contributed by atoms with van der Waals surface area (Å²) >= 11 is 0. The molecule has 108 valence electrons. The molecule has 3 N–H and O–H groups in total. The highest BCUT2D eigenvalue weighted by molar-refractivity contribution is 5.62. The van der Waals surface area contributed by atoms with Crippen LogP contribution in [0.5, 0.6) is 5.75 Å². The Kier molecular flexibility index (Phi) is 6.38. The number of hydrogen-bond donors (Lipinski definition) is 2. The fraction of sp³-hybridized carbons (Fsp3) is 0.538. The standard InChI is InChI=1S/C13H22FN3O2/c1-17(2)5-7-19-6-4-16-12-9-13(18-3)11(15)8-10(12)14/h8-9,16H,4-7,15H2,1-3H3. The Bertz CT molecular complexity index is 400. The fourth-order valence-corrected chi connectivity index (χ4v) is 1.49. The van der Waals surface area contributed by atoms with Crippen LogP contribution >= 0.6 is 0 Å². The quantitative estimate of drug-likeness (QED) is 0.553. The van der Waals surface area contributed by atoms with E-state index in [-0.39, 0.29) is 5.69 Å². The molecule has 0 atom stereocenters. The topological polar surface area (TPSA) is 59.8 Å². The molecule has 0 aliphatic heterocycles. The van der Waals surface area contributed by atoms with Gasteiger partial charge in [0.1, 0.15) is 11.6 Å². The van der Waals surface area contributed by atoms with E-state index in [1.165, 1.54) is 13.2 Å². The van der Waals surface area contributed by atoms with Gasteiger partial charge in [-0.25, -0.2) is 4.39 Å². The molecule has 0 radical (unpaired) electrons. The van der Waals surface area contributed by atoms with Gasteiger partial charge in [0.2, 0.25) is 0 Å². The lowest BCUT2D eigenvalue weighted by molar-refractivity contribution is 0.126. The molecular weight excluding hydrogens is 249 g/mol. The Balaban J connectivity index is 2.37. The first-order valence-electron chi connectivity index (χ1n) is 6.14.